The molecular formula is C13H17ClN2O4. The minimum atomic E-state index is -0.588. The van der Waals surface area contributed by atoms with Crippen molar-refractivity contribution in [1.82, 2.24) is 5.32 Å². The molecule has 6 nitrogen and oxygen atoms in total. The smallest absolute Gasteiger partial charge is 0.287 e. The predicted molar refractivity (Wildman–Crippen MR) is 76.1 cm³/mol. The van der Waals surface area contributed by atoms with Gasteiger partial charge >= 0.3 is 0 Å². The number of carbonyl (C=O) groups is 1. The topological polar surface area (TPSA) is 81.5 Å². The molecular weight excluding hydrogens is 284 g/mol. The van der Waals surface area contributed by atoms with Gasteiger partial charge in [0, 0.05) is 18.7 Å². The van der Waals surface area contributed by atoms with Gasteiger partial charge in [0.1, 0.15) is 5.02 Å². The molecule has 1 N–H and O–H groups in total. The van der Waals surface area contributed by atoms with Crippen LogP contribution in [0.5, 0.6) is 0 Å². The van der Waals surface area contributed by atoms with E-state index in [1.807, 2.05) is 6.92 Å². The summed E-state index contributed by atoms with van der Waals surface area (Å²) >= 11 is 5.78. The molecule has 0 saturated heterocycles. The van der Waals surface area contributed by atoms with Crippen LogP contribution in [-0.2, 0) is 4.74 Å². The van der Waals surface area contributed by atoms with Crippen LogP contribution in [0.3, 0.4) is 0 Å². The molecule has 1 unspecified atom stereocenters. The van der Waals surface area contributed by atoms with Gasteiger partial charge in [0.15, 0.2) is 0 Å². The lowest BCUT2D eigenvalue weighted by Gasteiger charge is -2.17. The third-order valence-electron chi connectivity index (χ3n) is 2.75. The molecule has 7 heteroatoms. The van der Waals surface area contributed by atoms with Crippen molar-refractivity contribution < 1.29 is 14.5 Å². The highest BCUT2D eigenvalue weighted by molar-refractivity contribution is 6.33. The number of rotatable bonds is 7. The highest BCUT2D eigenvalue weighted by atomic mass is 35.5. The molecule has 0 bridgehead atoms. The molecule has 20 heavy (non-hydrogen) atoms. The standard InChI is InChI=1S/C13H17ClN2O4/c1-3-4-10(8-20-2)15-13(17)9-5-6-12(16(18)19)11(14)7-9/h5-7,10H,3-4,8H2,1-2H3,(H,15,17). The fourth-order valence-electron chi connectivity index (χ4n) is 1.81. The van der Waals surface area contributed by atoms with Crippen LogP contribution in [0.2, 0.25) is 5.02 Å². The number of methoxy groups -OCH3 is 1. The van der Waals surface area contributed by atoms with Gasteiger partial charge in [0.05, 0.1) is 17.6 Å². The molecule has 0 spiro atoms. The molecule has 0 fully saturated rings. The van der Waals surface area contributed by atoms with E-state index in [-0.39, 0.29) is 28.2 Å². The second-order valence-corrected chi connectivity index (χ2v) is 4.74. The van der Waals surface area contributed by atoms with Crippen LogP contribution in [0, 0.1) is 10.1 Å². The molecule has 0 aromatic heterocycles. The Morgan fingerprint density at radius 3 is 2.75 bits per heavy atom. The molecule has 1 aromatic carbocycles. The van der Waals surface area contributed by atoms with Gasteiger partial charge in [-0.05, 0) is 18.6 Å². The van der Waals surface area contributed by atoms with Crippen molar-refractivity contribution in [2.45, 2.75) is 25.8 Å². The summed E-state index contributed by atoms with van der Waals surface area (Å²) in [7, 11) is 1.57. The average molecular weight is 301 g/mol. The van der Waals surface area contributed by atoms with E-state index < -0.39 is 4.92 Å². The van der Waals surface area contributed by atoms with Gasteiger partial charge < -0.3 is 10.1 Å². The average Bonchev–Trinajstić information content (AvgIpc) is 2.38. The third kappa shape index (κ3) is 4.47. The maximum Gasteiger partial charge on any atom is 0.287 e. The van der Waals surface area contributed by atoms with Crippen LogP contribution in [0.1, 0.15) is 30.1 Å². The Hall–Kier alpha value is -1.66. The molecule has 110 valence electrons. The van der Waals surface area contributed by atoms with E-state index in [9.17, 15) is 14.9 Å². The Morgan fingerprint density at radius 2 is 2.25 bits per heavy atom. The maximum atomic E-state index is 12.0. The summed E-state index contributed by atoms with van der Waals surface area (Å²) in [6, 6.07) is 3.81. The van der Waals surface area contributed by atoms with Crippen molar-refractivity contribution >= 4 is 23.2 Å². The van der Waals surface area contributed by atoms with Gasteiger partial charge in [-0.25, -0.2) is 0 Å². The molecule has 1 atom stereocenters. The van der Waals surface area contributed by atoms with Crippen LogP contribution in [-0.4, -0.2) is 30.6 Å². The second-order valence-electron chi connectivity index (χ2n) is 4.34. The number of nitro benzene ring substituents is 1. The first-order chi connectivity index (χ1) is 9.49. The number of nitro groups is 1. The number of ether oxygens (including phenoxy) is 1. The Morgan fingerprint density at radius 1 is 1.55 bits per heavy atom. The quantitative estimate of drug-likeness (QED) is 0.620. The van der Waals surface area contributed by atoms with E-state index in [2.05, 4.69) is 5.32 Å². The normalized spacial score (nSPS) is 11.9. The summed E-state index contributed by atoms with van der Waals surface area (Å²) in [5.41, 5.74) is 0.0722. The van der Waals surface area contributed by atoms with Crippen LogP contribution in [0.25, 0.3) is 0 Å². The number of hydrogen-bond acceptors (Lipinski definition) is 4. The largest absolute Gasteiger partial charge is 0.383 e. The van der Waals surface area contributed by atoms with Crippen LogP contribution >= 0.6 is 11.6 Å². The minimum Gasteiger partial charge on any atom is -0.383 e. The number of benzene rings is 1. The van der Waals surface area contributed by atoms with E-state index in [0.29, 0.717) is 6.61 Å². The minimum absolute atomic E-state index is 0.0542. The van der Waals surface area contributed by atoms with E-state index in [1.54, 1.807) is 7.11 Å². The summed E-state index contributed by atoms with van der Waals surface area (Å²) in [5, 5.41) is 13.4. The Labute approximate surface area is 122 Å². The first kappa shape index (κ1) is 16.4. The molecule has 1 rings (SSSR count). The molecule has 0 aliphatic heterocycles. The Kier molecular flexibility index (Phi) is 6.41. The fourth-order valence-corrected chi connectivity index (χ4v) is 2.06. The van der Waals surface area contributed by atoms with Crippen molar-refractivity contribution in [1.29, 1.82) is 0 Å². The first-order valence-corrected chi connectivity index (χ1v) is 6.61. The first-order valence-electron chi connectivity index (χ1n) is 6.23. The molecule has 0 aliphatic rings. The number of amides is 1. The summed E-state index contributed by atoms with van der Waals surface area (Å²) in [5.74, 6) is -0.322. The number of nitrogens with zero attached hydrogens (tertiary/aromatic N) is 1. The van der Waals surface area contributed by atoms with Gasteiger partial charge in [-0.1, -0.05) is 24.9 Å². The molecule has 0 heterocycles. The van der Waals surface area contributed by atoms with Crippen molar-refractivity contribution in [2.24, 2.45) is 0 Å². The number of carbonyl (C=O) groups excluding carboxylic acids is 1. The highest BCUT2D eigenvalue weighted by Crippen LogP contribution is 2.24. The van der Waals surface area contributed by atoms with Gasteiger partial charge in [0.2, 0.25) is 0 Å². The van der Waals surface area contributed by atoms with Gasteiger partial charge in [0.25, 0.3) is 11.6 Å². The SMILES string of the molecule is CCCC(COC)NC(=O)c1ccc([N+](=O)[O-])c(Cl)c1. The van der Waals surface area contributed by atoms with E-state index in [4.69, 9.17) is 16.3 Å². The summed E-state index contributed by atoms with van der Waals surface area (Å²) in [6.07, 6.45) is 1.70. The summed E-state index contributed by atoms with van der Waals surface area (Å²) < 4.78 is 5.04. The Balaban J connectivity index is 2.81. The fraction of sp³-hybridized carbons (Fsp3) is 0.462. The molecule has 1 amide bonds. The lowest BCUT2D eigenvalue weighted by Crippen LogP contribution is -2.37. The molecule has 0 saturated carbocycles. The lowest BCUT2D eigenvalue weighted by molar-refractivity contribution is -0.384. The molecule has 1 aromatic rings. The van der Waals surface area contributed by atoms with E-state index in [1.165, 1.54) is 18.2 Å². The van der Waals surface area contributed by atoms with E-state index in [0.717, 1.165) is 12.8 Å². The van der Waals surface area contributed by atoms with Crippen LogP contribution in [0.4, 0.5) is 5.69 Å². The predicted octanol–water partition coefficient (Wildman–Crippen LogP) is 2.79. The van der Waals surface area contributed by atoms with Crippen LogP contribution in [0.15, 0.2) is 18.2 Å². The zero-order valence-corrected chi connectivity index (χ0v) is 12.1. The summed E-state index contributed by atoms with van der Waals surface area (Å²) in [6.45, 7) is 2.43. The maximum absolute atomic E-state index is 12.0. The van der Waals surface area contributed by atoms with Crippen molar-refractivity contribution in [3.63, 3.8) is 0 Å². The molecule has 0 radical (unpaired) electrons. The zero-order valence-electron chi connectivity index (χ0n) is 11.4. The third-order valence-corrected chi connectivity index (χ3v) is 3.05. The van der Waals surface area contributed by atoms with Gasteiger partial charge in [-0.15, -0.1) is 0 Å². The van der Waals surface area contributed by atoms with Crippen molar-refractivity contribution in [3.8, 4) is 0 Å². The number of nitrogens with one attached hydrogen (secondary N) is 1. The van der Waals surface area contributed by atoms with Gasteiger partial charge in [-0.3, -0.25) is 14.9 Å². The summed E-state index contributed by atoms with van der Waals surface area (Å²) in [4.78, 5) is 22.1. The lowest BCUT2D eigenvalue weighted by atomic mass is 10.1. The van der Waals surface area contributed by atoms with E-state index >= 15 is 0 Å². The van der Waals surface area contributed by atoms with Crippen molar-refractivity contribution in [3.05, 3.63) is 38.9 Å². The monoisotopic (exact) mass is 300 g/mol. The van der Waals surface area contributed by atoms with Gasteiger partial charge in [-0.2, -0.15) is 0 Å². The van der Waals surface area contributed by atoms with Crippen LogP contribution < -0.4 is 5.32 Å². The zero-order chi connectivity index (χ0) is 15.1. The number of hydrogen-bond donors (Lipinski definition) is 1. The van der Waals surface area contributed by atoms with Crippen molar-refractivity contribution in [2.75, 3.05) is 13.7 Å². The molecule has 0 aliphatic carbocycles. The number of halogens is 1. The second kappa shape index (κ2) is 7.81. The highest BCUT2D eigenvalue weighted by Gasteiger charge is 2.17. The Bertz CT molecular complexity index is 487.